The molecule has 0 radical (unpaired) electrons. The van der Waals surface area contributed by atoms with Gasteiger partial charge in [0.05, 0.1) is 17.6 Å². The zero-order chi connectivity index (χ0) is 17.9. The summed E-state index contributed by atoms with van der Waals surface area (Å²) in [6.07, 6.45) is 0. The summed E-state index contributed by atoms with van der Waals surface area (Å²) in [6.45, 7) is 1.89. The van der Waals surface area contributed by atoms with Gasteiger partial charge < -0.3 is 9.64 Å². The van der Waals surface area contributed by atoms with E-state index >= 15 is 0 Å². The number of ether oxygens (including phenoxy) is 1. The summed E-state index contributed by atoms with van der Waals surface area (Å²) in [4.78, 5) is 36.1. The zero-order valence-corrected chi connectivity index (χ0v) is 13.5. The summed E-state index contributed by atoms with van der Waals surface area (Å²) in [5.74, 6) is -1.21. The molecule has 0 bridgehead atoms. The van der Waals surface area contributed by atoms with Crippen LogP contribution < -0.4 is 4.90 Å². The van der Waals surface area contributed by atoms with Crippen LogP contribution in [0.3, 0.4) is 0 Å². The minimum Gasteiger partial charge on any atom is -0.465 e. The maximum absolute atomic E-state index is 12.6. The highest BCUT2D eigenvalue weighted by molar-refractivity contribution is 6.07. The number of benzene rings is 2. The van der Waals surface area contributed by atoms with Crippen molar-refractivity contribution < 1.29 is 19.2 Å². The number of hydrogen-bond donors (Lipinski definition) is 0. The van der Waals surface area contributed by atoms with Gasteiger partial charge in [0.25, 0.3) is 11.6 Å². The Balaban J connectivity index is 2.46. The molecule has 0 saturated heterocycles. The van der Waals surface area contributed by atoms with Crippen molar-refractivity contribution in [1.29, 1.82) is 0 Å². The van der Waals surface area contributed by atoms with E-state index < -0.39 is 16.8 Å². The first-order valence-electron chi connectivity index (χ1n) is 7.06. The molecule has 0 unspecified atom stereocenters. The highest BCUT2D eigenvalue weighted by atomic mass is 16.6. The maximum Gasteiger partial charge on any atom is 0.338 e. The van der Waals surface area contributed by atoms with E-state index in [1.807, 2.05) is 25.1 Å². The van der Waals surface area contributed by atoms with Crippen molar-refractivity contribution in [1.82, 2.24) is 0 Å². The number of hydrogen-bond acceptors (Lipinski definition) is 5. The summed E-state index contributed by atoms with van der Waals surface area (Å²) in [7, 11) is 2.73. The SMILES string of the molecule is COC(=O)c1cc(C(=O)N(C)c2cccc(C)c2)cc([N+](=O)[O-])c1. The molecule has 1 amide bonds. The fraction of sp³-hybridized carbons (Fsp3) is 0.176. The molecule has 0 atom stereocenters. The number of esters is 1. The summed E-state index contributed by atoms with van der Waals surface area (Å²) in [5.41, 5.74) is 1.26. The van der Waals surface area contributed by atoms with Crippen LogP contribution in [-0.4, -0.2) is 31.0 Å². The average Bonchev–Trinajstić information content (AvgIpc) is 2.59. The lowest BCUT2D eigenvalue weighted by Crippen LogP contribution is -2.26. The van der Waals surface area contributed by atoms with E-state index in [1.165, 1.54) is 18.1 Å². The summed E-state index contributed by atoms with van der Waals surface area (Å²) >= 11 is 0. The van der Waals surface area contributed by atoms with E-state index in [9.17, 15) is 19.7 Å². The van der Waals surface area contributed by atoms with Gasteiger partial charge in [-0.2, -0.15) is 0 Å². The van der Waals surface area contributed by atoms with Gasteiger partial charge in [0.15, 0.2) is 0 Å². The second kappa shape index (κ2) is 6.91. The number of carbonyl (C=O) groups is 2. The Kier molecular flexibility index (Phi) is 4.93. The Morgan fingerprint density at radius 1 is 1.12 bits per heavy atom. The second-order valence-corrected chi connectivity index (χ2v) is 5.22. The van der Waals surface area contributed by atoms with Crippen LogP contribution >= 0.6 is 0 Å². The van der Waals surface area contributed by atoms with Crippen molar-refractivity contribution in [2.75, 3.05) is 19.1 Å². The second-order valence-electron chi connectivity index (χ2n) is 5.22. The van der Waals surface area contributed by atoms with Gasteiger partial charge >= 0.3 is 5.97 Å². The van der Waals surface area contributed by atoms with Gasteiger partial charge in [-0.15, -0.1) is 0 Å². The topological polar surface area (TPSA) is 89.8 Å². The molecule has 0 aliphatic heterocycles. The van der Waals surface area contributed by atoms with Crippen LogP contribution in [0.1, 0.15) is 26.3 Å². The lowest BCUT2D eigenvalue weighted by molar-refractivity contribution is -0.384. The lowest BCUT2D eigenvalue weighted by Gasteiger charge is -2.18. The molecular formula is C17H16N2O5. The van der Waals surface area contributed by atoms with Crippen LogP contribution in [0.25, 0.3) is 0 Å². The van der Waals surface area contributed by atoms with Gasteiger partial charge in [0, 0.05) is 30.4 Å². The monoisotopic (exact) mass is 328 g/mol. The number of nitrogens with zero attached hydrogens (tertiary/aromatic N) is 2. The van der Waals surface area contributed by atoms with Crippen LogP contribution in [0, 0.1) is 17.0 Å². The first-order chi connectivity index (χ1) is 11.3. The van der Waals surface area contributed by atoms with E-state index in [-0.39, 0.29) is 16.8 Å². The first-order valence-corrected chi connectivity index (χ1v) is 7.06. The van der Waals surface area contributed by atoms with Crippen molar-refractivity contribution in [3.8, 4) is 0 Å². The quantitative estimate of drug-likeness (QED) is 0.489. The molecule has 0 aliphatic carbocycles. The minimum absolute atomic E-state index is 0.0357. The molecule has 0 N–H and O–H groups in total. The fourth-order valence-electron chi connectivity index (χ4n) is 2.22. The third kappa shape index (κ3) is 3.57. The van der Waals surface area contributed by atoms with E-state index in [1.54, 1.807) is 13.1 Å². The van der Waals surface area contributed by atoms with E-state index in [0.29, 0.717) is 5.69 Å². The van der Waals surface area contributed by atoms with Crippen LogP contribution in [0.2, 0.25) is 0 Å². The average molecular weight is 328 g/mol. The van der Waals surface area contributed by atoms with Gasteiger partial charge in [-0.05, 0) is 30.7 Å². The molecule has 0 aliphatic rings. The summed E-state index contributed by atoms with van der Waals surface area (Å²) in [6, 6.07) is 10.8. The fourth-order valence-corrected chi connectivity index (χ4v) is 2.22. The normalized spacial score (nSPS) is 10.1. The third-order valence-electron chi connectivity index (χ3n) is 3.49. The Labute approximate surface area is 138 Å². The molecule has 0 aromatic heterocycles. The smallest absolute Gasteiger partial charge is 0.338 e. The van der Waals surface area contributed by atoms with Crippen LogP contribution in [0.4, 0.5) is 11.4 Å². The predicted octanol–water partition coefficient (Wildman–Crippen LogP) is 2.97. The van der Waals surface area contributed by atoms with Gasteiger partial charge in [-0.1, -0.05) is 12.1 Å². The molecule has 0 heterocycles. The van der Waals surface area contributed by atoms with E-state index in [4.69, 9.17) is 0 Å². The Morgan fingerprint density at radius 3 is 2.38 bits per heavy atom. The standard InChI is InChI=1S/C17H16N2O5/c1-11-5-4-6-14(7-11)18(2)16(20)12-8-13(17(21)24-3)10-15(9-12)19(22)23/h4-10H,1-3H3. The van der Waals surface area contributed by atoms with Crippen molar-refractivity contribution >= 4 is 23.3 Å². The van der Waals surface area contributed by atoms with Crippen molar-refractivity contribution in [3.05, 3.63) is 69.3 Å². The Morgan fingerprint density at radius 2 is 1.79 bits per heavy atom. The number of aryl methyl sites for hydroxylation is 1. The van der Waals surface area contributed by atoms with Crippen molar-refractivity contribution in [3.63, 3.8) is 0 Å². The largest absolute Gasteiger partial charge is 0.465 e. The van der Waals surface area contributed by atoms with Crippen molar-refractivity contribution in [2.24, 2.45) is 0 Å². The van der Waals surface area contributed by atoms with Gasteiger partial charge in [0.2, 0.25) is 0 Å². The number of non-ortho nitro benzene ring substituents is 1. The summed E-state index contributed by atoms with van der Waals surface area (Å²) < 4.78 is 4.58. The van der Waals surface area contributed by atoms with E-state index in [2.05, 4.69) is 4.74 Å². The van der Waals surface area contributed by atoms with Gasteiger partial charge in [-0.25, -0.2) is 4.79 Å². The number of methoxy groups -OCH3 is 1. The molecule has 0 spiro atoms. The van der Waals surface area contributed by atoms with Crippen LogP contribution in [0.5, 0.6) is 0 Å². The number of anilines is 1. The minimum atomic E-state index is -0.744. The van der Waals surface area contributed by atoms with Crippen molar-refractivity contribution in [2.45, 2.75) is 6.92 Å². The molecule has 2 aromatic rings. The molecular weight excluding hydrogens is 312 g/mol. The number of rotatable bonds is 4. The number of amides is 1. The molecule has 7 heteroatoms. The molecule has 2 rings (SSSR count). The Bertz CT molecular complexity index is 816. The first kappa shape index (κ1) is 17.1. The molecule has 2 aromatic carbocycles. The lowest BCUT2D eigenvalue weighted by atomic mass is 10.1. The van der Waals surface area contributed by atoms with Gasteiger partial charge in [-0.3, -0.25) is 14.9 Å². The zero-order valence-electron chi connectivity index (χ0n) is 13.5. The Hall–Kier alpha value is -3.22. The molecule has 124 valence electrons. The predicted molar refractivity (Wildman–Crippen MR) is 88.3 cm³/mol. The highest BCUT2D eigenvalue weighted by Crippen LogP contribution is 2.22. The number of carbonyl (C=O) groups excluding carboxylic acids is 2. The number of nitro benzene ring substituents is 1. The molecule has 0 saturated carbocycles. The number of nitro groups is 1. The molecule has 7 nitrogen and oxygen atoms in total. The maximum atomic E-state index is 12.6. The van der Waals surface area contributed by atoms with Gasteiger partial charge in [0.1, 0.15) is 0 Å². The highest BCUT2D eigenvalue weighted by Gasteiger charge is 2.21. The third-order valence-corrected chi connectivity index (χ3v) is 3.49. The molecule has 0 fully saturated rings. The summed E-state index contributed by atoms with van der Waals surface area (Å²) in [5, 5.41) is 11.1. The van der Waals surface area contributed by atoms with E-state index in [0.717, 1.165) is 17.7 Å². The molecule has 24 heavy (non-hydrogen) atoms. The van der Waals surface area contributed by atoms with Crippen LogP contribution in [0.15, 0.2) is 42.5 Å². The van der Waals surface area contributed by atoms with Crippen LogP contribution in [-0.2, 0) is 4.74 Å².